The molecule has 34 heavy (non-hydrogen) atoms. The molecule has 0 amide bonds. The van der Waals surface area contributed by atoms with E-state index in [1.165, 1.54) is 37.4 Å². The summed E-state index contributed by atoms with van der Waals surface area (Å²) in [5.74, 6) is -2.54. The van der Waals surface area contributed by atoms with Gasteiger partial charge in [-0.1, -0.05) is 0 Å². The second kappa shape index (κ2) is 9.00. The Morgan fingerprint density at radius 3 is 2.26 bits per heavy atom. The van der Waals surface area contributed by atoms with Crippen LogP contribution in [0.5, 0.6) is 28.7 Å². The van der Waals surface area contributed by atoms with Gasteiger partial charge >= 0.3 is 0 Å². The first kappa shape index (κ1) is 23.6. The molecule has 2 aromatic carbocycles. The van der Waals surface area contributed by atoms with Crippen LogP contribution in [0.25, 0.3) is 22.3 Å². The molecule has 1 aromatic heterocycles. The summed E-state index contributed by atoms with van der Waals surface area (Å²) in [4.78, 5) is 12.9. The molecular formula is C22H22O12. The summed E-state index contributed by atoms with van der Waals surface area (Å²) in [6.07, 6.45) is -8.12. The van der Waals surface area contributed by atoms with E-state index < -0.39 is 65.4 Å². The van der Waals surface area contributed by atoms with Crippen LogP contribution in [0, 0.1) is 0 Å². The van der Waals surface area contributed by atoms with E-state index in [1.54, 1.807) is 0 Å². The SMILES string of the molecule is COc1cc2oc(-c3ccc(O)cc3)c(O)c(=O)c2c(O)c1OC1OC(CO)C(O)C(O)C1O. The number of phenols is 2. The largest absolute Gasteiger partial charge is 0.508 e. The molecule has 12 heteroatoms. The van der Waals surface area contributed by atoms with E-state index in [-0.39, 0.29) is 28.4 Å². The maximum Gasteiger partial charge on any atom is 0.238 e. The average molecular weight is 478 g/mol. The average Bonchev–Trinajstić information content (AvgIpc) is 2.83. The zero-order chi connectivity index (χ0) is 24.7. The number of methoxy groups -OCH3 is 1. The Balaban J connectivity index is 1.82. The molecule has 0 bridgehead atoms. The second-order valence-electron chi connectivity index (χ2n) is 7.60. The van der Waals surface area contributed by atoms with E-state index >= 15 is 0 Å². The number of ether oxygens (including phenoxy) is 3. The van der Waals surface area contributed by atoms with Gasteiger partial charge in [-0.2, -0.15) is 0 Å². The normalized spacial score (nSPS) is 24.8. The molecule has 0 aliphatic carbocycles. The highest BCUT2D eigenvalue weighted by atomic mass is 16.7. The van der Waals surface area contributed by atoms with Crippen LogP contribution in [0.1, 0.15) is 0 Å². The van der Waals surface area contributed by atoms with Crippen LogP contribution in [-0.4, -0.2) is 80.2 Å². The quantitative estimate of drug-likeness (QED) is 0.254. The van der Waals surface area contributed by atoms with Gasteiger partial charge in [0.1, 0.15) is 41.1 Å². The topological polar surface area (TPSA) is 200 Å². The van der Waals surface area contributed by atoms with Crippen molar-refractivity contribution in [1.82, 2.24) is 0 Å². The fraction of sp³-hybridized carbons (Fsp3) is 0.318. The number of aromatic hydroxyl groups is 3. The van der Waals surface area contributed by atoms with Crippen molar-refractivity contribution in [2.45, 2.75) is 30.7 Å². The summed E-state index contributed by atoms with van der Waals surface area (Å²) in [5.41, 5.74) is -0.918. The Morgan fingerprint density at radius 2 is 1.65 bits per heavy atom. The molecular weight excluding hydrogens is 456 g/mol. The minimum atomic E-state index is -1.79. The van der Waals surface area contributed by atoms with Gasteiger partial charge in [-0.3, -0.25) is 4.79 Å². The van der Waals surface area contributed by atoms with E-state index in [1.807, 2.05) is 0 Å². The first-order chi connectivity index (χ1) is 16.2. The Bertz CT molecular complexity index is 1250. The number of aliphatic hydroxyl groups excluding tert-OH is 4. The van der Waals surface area contributed by atoms with Gasteiger partial charge in [0.05, 0.1) is 13.7 Å². The third-order valence-corrected chi connectivity index (χ3v) is 5.49. The molecule has 1 saturated heterocycles. The number of hydrogen-bond donors (Lipinski definition) is 7. The molecule has 5 unspecified atom stereocenters. The third-order valence-electron chi connectivity index (χ3n) is 5.49. The van der Waals surface area contributed by atoms with Crippen LogP contribution in [-0.2, 0) is 4.74 Å². The van der Waals surface area contributed by atoms with Crippen LogP contribution in [0.3, 0.4) is 0 Å². The van der Waals surface area contributed by atoms with E-state index in [4.69, 9.17) is 18.6 Å². The summed E-state index contributed by atoms with van der Waals surface area (Å²) in [6, 6.07) is 6.67. The fourth-order valence-electron chi connectivity index (χ4n) is 3.64. The number of hydrogen-bond acceptors (Lipinski definition) is 12. The Kier molecular flexibility index (Phi) is 6.25. The molecule has 1 aliphatic heterocycles. The molecule has 0 radical (unpaired) electrons. The van der Waals surface area contributed by atoms with Gasteiger partial charge < -0.3 is 54.4 Å². The number of rotatable bonds is 5. The van der Waals surface area contributed by atoms with Crippen LogP contribution in [0.4, 0.5) is 0 Å². The van der Waals surface area contributed by atoms with Crippen LogP contribution in [0.15, 0.2) is 39.5 Å². The number of fused-ring (bicyclic) bond motifs is 1. The number of aliphatic hydroxyl groups is 4. The molecule has 5 atom stereocenters. The molecule has 7 N–H and O–H groups in total. The summed E-state index contributed by atoms with van der Waals surface area (Å²) in [6.45, 7) is -0.705. The van der Waals surface area contributed by atoms with Gasteiger partial charge in [0.15, 0.2) is 17.3 Å². The summed E-state index contributed by atoms with van der Waals surface area (Å²) >= 11 is 0. The van der Waals surface area contributed by atoms with Crippen LogP contribution >= 0.6 is 0 Å². The van der Waals surface area contributed by atoms with Crippen molar-refractivity contribution in [2.75, 3.05) is 13.7 Å². The highest BCUT2D eigenvalue weighted by molar-refractivity contribution is 5.91. The van der Waals surface area contributed by atoms with Crippen LogP contribution < -0.4 is 14.9 Å². The Labute approximate surface area is 191 Å². The van der Waals surface area contributed by atoms with Gasteiger partial charge in [0.2, 0.25) is 23.2 Å². The van der Waals surface area contributed by atoms with E-state index in [0.717, 1.165) is 0 Å². The summed E-state index contributed by atoms with van der Waals surface area (Å²) in [5, 5.41) is 69.7. The van der Waals surface area contributed by atoms with Gasteiger partial charge in [0.25, 0.3) is 0 Å². The van der Waals surface area contributed by atoms with Crippen molar-refractivity contribution < 1.29 is 54.4 Å². The molecule has 1 fully saturated rings. The van der Waals surface area contributed by atoms with Crippen molar-refractivity contribution >= 4 is 11.0 Å². The van der Waals surface area contributed by atoms with Crippen molar-refractivity contribution in [3.63, 3.8) is 0 Å². The van der Waals surface area contributed by atoms with Crippen molar-refractivity contribution in [2.24, 2.45) is 0 Å². The molecule has 4 rings (SSSR count). The van der Waals surface area contributed by atoms with Gasteiger partial charge in [-0.15, -0.1) is 0 Å². The minimum absolute atomic E-state index is 0.0410. The lowest BCUT2D eigenvalue weighted by molar-refractivity contribution is -0.277. The predicted molar refractivity (Wildman–Crippen MR) is 114 cm³/mol. The maximum absolute atomic E-state index is 12.9. The number of benzene rings is 2. The minimum Gasteiger partial charge on any atom is -0.508 e. The molecule has 2 heterocycles. The lowest BCUT2D eigenvalue weighted by Gasteiger charge is -2.39. The van der Waals surface area contributed by atoms with Crippen molar-refractivity contribution in [1.29, 1.82) is 0 Å². The molecule has 182 valence electrons. The summed E-state index contributed by atoms with van der Waals surface area (Å²) in [7, 11) is 1.22. The third kappa shape index (κ3) is 3.87. The van der Waals surface area contributed by atoms with Crippen LogP contribution in [0.2, 0.25) is 0 Å². The van der Waals surface area contributed by atoms with Gasteiger partial charge in [-0.25, -0.2) is 0 Å². The van der Waals surface area contributed by atoms with Crippen molar-refractivity contribution in [3.8, 4) is 40.1 Å². The Morgan fingerprint density at radius 1 is 0.971 bits per heavy atom. The highest BCUT2D eigenvalue weighted by Crippen LogP contribution is 2.45. The first-order valence-electron chi connectivity index (χ1n) is 10.0. The molecule has 1 aliphatic rings. The van der Waals surface area contributed by atoms with E-state index in [9.17, 15) is 40.5 Å². The number of phenolic OH excluding ortho intramolecular Hbond substituents is 2. The van der Waals surface area contributed by atoms with Gasteiger partial charge in [-0.05, 0) is 24.3 Å². The van der Waals surface area contributed by atoms with E-state index in [2.05, 4.69) is 0 Å². The standard InChI is InChI=1S/C22H22O12/c1-31-11-6-10-13(15(26)18(29)20(32-10)8-2-4-9(24)5-3-8)16(27)21(11)34-22-19(30)17(28)14(25)12(7-23)33-22/h2-6,12,14,17,19,22-25,27-30H,7H2,1H3. The highest BCUT2D eigenvalue weighted by Gasteiger charge is 2.45. The monoisotopic (exact) mass is 478 g/mol. The predicted octanol–water partition coefficient (Wildman–Crippen LogP) is -0.236. The fourth-order valence-corrected chi connectivity index (χ4v) is 3.64. The molecule has 0 spiro atoms. The smallest absolute Gasteiger partial charge is 0.238 e. The second-order valence-corrected chi connectivity index (χ2v) is 7.60. The van der Waals surface area contributed by atoms with Gasteiger partial charge in [0, 0.05) is 11.6 Å². The zero-order valence-electron chi connectivity index (χ0n) is 17.7. The lowest BCUT2D eigenvalue weighted by Crippen LogP contribution is -2.60. The lowest BCUT2D eigenvalue weighted by atomic mass is 9.99. The summed E-state index contributed by atoms with van der Waals surface area (Å²) < 4.78 is 21.6. The molecule has 12 nitrogen and oxygen atoms in total. The maximum atomic E-state index is 12.9. The zero-order valence-corrected chi connectivity index (χ0v) is 17.7. The van der Waals surface area contributed by atoms with Crippen molar-refractivity contribution in [3.05, 3.63) is 40.6 Å². The van der Waals surface area contributed by atoms with E-state index in [0.29, 0.717) is 0 Å². The first-order valence-corrected chi connectivity index (χ1v) is 10.0. The molecule has 0 saturated carbocycles. The Hall–Kier alpha value is -3.55. The molecule has 3 aromatic rings.